The predicted octanol–water partition coefficient (Wildman–Crippen LogP) is 3.51. The zero-order valence-electron chi connectivity index (χ0n) is 13.7. The van der Waals surface area contributed by atoms with Gasteiger partial charge in [0, 0.05) is 30.8 Å². The standard InChI is InChI=1S/C19H21ClN2O2/c1-24-10-9-22(13-16-7-2-3-8-21-16)19(23)18-12-17(18)14-5-4-6-15(20)11-14/h2-8,11,17-18H,9-10,12-13H2,1H3/t17-,18+/m0/s1. The Balaban J connectivity index is 1.68. The molecule has 1 saturated carbocycles. The largest absolute Gasteiger partial charge is 0.383 e. The lowest BCUT2D eigenvalue weighted by atomic mass is 10.1. The summed E-state index contributed by atoms with van der Waals surface area (Å²) >= 11 is 6.06. The van der Waals surface area contributed by atoms with Gasteiger partial charge in [-0.3, -0.25) is 9.78 Å². The summed E-state index contributed by atoms with van der Waals surface area (Å²) < 4.78 is 5.16. The van der Waals surface area contributed by atoms with Crippen molar-refractivity contribution in [1.82, 2.24) is 9.88 Å². The number of rotatable bonds is 7. The summed E-state index contributed by atoms with van der Waals surface area (Å²) in [5.41, 5.74) is 2.03. The van der Waals surface area contributed by atoms with Crippen molar-refractivity contribution >= 4 is 17.5 Å². The smallest absolute Gasteiger partial charge is 0.226 e. The number of hydrogen-bond donors (Lipinski definition) is 0. The van der Waals surface area contributed by atoms with Crippen LogP contribution in [0.3, 0.4) is 0 Å². The number of carbonyl (C=O) groups is 1. The van der Waals surface area contributed by atoms with Crippen LogP contribution >= 0.6 is 11.6 Å². The number of pyridine rings is 1. The molecule has 1 fully saturated rings. The van der Waals surface area contributed by atoms with Crippen LogP contribution in [0.5, 0.6) is 0 Å². The molecule has 1 aromatic heterocycles. The summed E-state index contributed by atoms with van der Waals surface area (Å²) in [6, 6.07) is 13.5. The first-order chi connectivity index (χ1) is 11.7. The maximum Gasteiger partial charge on any atom is 0.226 e. The third kappa shape index (κ3) is 4.13. The van der Waals surface area contributed by atoms with Crippen molar-refractivity contribution in [2.45, 2.75) is 18.9 Å². The molecule has 0 saturated heterocycles. The Kier molecular flexibility index (Phi) is 5.48. The fraction of sp³-hybridized carbons (Fsp3) is 0.368. The molecule has 0 spiro atoms. The van der Waals surface area contributed by atoms with E-state index in [-0.39, 0.29) is 17.7 Å². The van der Waals surface area contributed by atoms with Crippen LogP contribution < -0.4 is 0 Å². The number of carbonyl (C=O) groups excluding carboxylic acids is 1. The zero-order valence-corrected chi connectivity index (χ0v) is 14.4. The van der Waals surface area contributed by atoms with E-state index in [9.17, 15) is 4.79 Å². The average molecular weight is 345 g/mol. The van der Waals surface area contributed by atoms with Crippen LogP contribution in [0, 0.1) is 5.92 Å². The minimum Gasteiger partial charge on any atom is -0.383 e. The summed E-state index contributed by atoms with van der Waals surface area (Å²) in [6.07, 6.45) is 2.63. The number of amides is 1. The Morgan fingerprint density at radius 1 is 1.33 bits per heavy atom. The van der Waals surface area contributed by atoms with Gasteiger partial charge in [0.2, 0.25) is 5.91 Å². The molecule has 24 heavy (non-hydrogen) atoms. The molecule has 4 nitrogen and oxygen atoms in total. The van der Waals surface area contributed by atoms with Crippen molar-refractivity contribution in [3.63, 3.8) is 0 Å². The van der Waals surface area contributed by atoms with Crippen LogP contribution in [0.1, 0.15) is 23.6 Å². The second kappa shape index (κ2) is 7.77. The van der Waals surface area contributed by atoms with Crippen molar-refractivity contribution in [3.05, 3.63) is 64.9 Å². The first-order valence-corrected chi connectivity index (χ1v) is 8.50. The van der Waals surface area contributed by atoms with Gasteiger partial charge in [-0.2, -0.15) is 0 Å². The van der Waals surface area contributed by atoms with Gasteiger partial charge in [-0.25, -0.2) is 0 Å². The number of ether oxygens (including phenoxy) is 1. The van der Waals surface area contributed by atoms with Crippen LogP contribution in [-0.4, -0.2) is 36.1 Å². The quantitative estimate of drug-likeness (QED) is 0.771. The van der Waals surface area contributed by atoms with Crippen molar-refractivity contribution in [3.8, 4) is 0 Å². The van der Waals surface area contributed by atoms with Gasteiger partial charge in [-0.05, 0) is 42.2 Å². The van der Waals surface area contributed by atoms with E-state index in [2.05, 4.69) is 4.98 Å². The third-order valence-corrected chi connectivity index (χ3v) is 4.58. The van der Waals surface area contributed by atoms with E-state index in [1.807, 2.05) is 47.4 Å². The van der Waals surface area contributed by atoms with E-state index >= 15 is 0 Å². The molecule has 126 valence electrons. The number of halogens is 1. The minimum absolute atomic E-state index is 0.0315. The molecule has 1 amide bonds. The van der Waals surface area contributed by atoms with Crippen molar-refractivity contribution in [2.24, 2.45) is 5.92 Å². The molecule has 2 aromatic rings. The molecule has 1 aromatic carbocycles. The number of methoxy groups -OCH3 is 1. The Bertz CT molecular complexity index is 693. The molecule has 0 radical (unpaired) electrons. The fourth-order valence-corrected chi connectivity index (χ4v) is 3.16. The summed E-state index contributed by atoms with van der Waals surface area (Å²) in [6.45, 7) is 1.61. The monoisotopic (exact) mass is 344 g/mol. The Morgan fingerprint density at radius 2 is 2.21 bits per heavy atom. The molecule has 1 aliphatic rings. The number of hydrogen-bond acceptors (Lipinski definition) is 3. The van der Waals surface area contributed by atoms with Gasteiger partial charge in [-0.15, -0.1) is 0 Å². The van der Waals surface area contributed by atoms with E-state index in [4.69, 9.17) is 16.3 Å². The highest BCUT2D eigenvalue weighted by Crippen LogP contribution is 2.48. The first-order valence-electron chi connectivity index (χ1n) is 8.12. The van der Waals surface area contributed by atoms with E-state index in [0.717, 1.165) is 22.7 Å². The second-order valence-corrected chi connectivity index (χ2v) is 6.51. The Labute approximate surface area is 147 Å². The van der Waals surface area contributed by atoms with Gasteiger partial charge < -0.3 is 9.64 Å². The van der Waals surface area contributed by atoms with E-state index in [1.165, 1.54) is 0 Å². The lowest BCUT2D eigenvalue weighted by Crippen LogP contribution is -2.35. The van der Waals surface area contributed by atoms with Gasteiger partial charge >= 0.3 is 0 Å². The fourth-order valence-electron chi connectivity index (χ4n) is 2.96. The van der Waals surface area contributed by atoms with Gasteiger partial charge in [-0.1, -0.05) is 29.8 Å². The van der Waals surface area contributed by atoms with E-state index in [0.29, 0.717) is 19.7 Å². The van der Waals surface area contributed by atoms with Crippen molar-refractivity contribution < 1.29 is 9.53 Å². The third-order valence-electron chi connectivity index (χ3n) is 4.34. The molecule has 2 atom stereocenters. The Hall–Kier alpha value is -1.91. The van der Waals surface area contributed by atoms with Crippen LogP contribution in [0.25, 0.3) is 0 Å². The maximum absolute atomic E-state index is 12.9. The molecule has 1 aliphatic carbocycles. The summed E-state index contributed by atoms with van der Waals surface area (Å²) in [7, 11) is 1.65. The van der Waals surface area contributed by atoms with Gasteiger partial charge in [0.15, 0.2) is 0 Å². The van der Waals surface area contributed by atoms with Crippen LogP contribution in [0.15, 0.2) is 48.7 Å². The van der Waals surface area contributed by atoms with Gasteiger partial charge in [0.1, 0.15) is 0 Å². The van der Waals surface area contributed by atoms with E-state index < -0.39 is 0 Å². The lowest BCUT2D eigenvalue weighted by molar-refractivity contribution is -0.134. The number of nitrogens with zero attached hydrogens (tertiary/aromatic N) is 2. The molecule has 1 heterocycles. The molecule has 3 rings (SSSR count). The number of benzene rings is 1. The Morgan fingerprint density at radius 3 is 2.92 bits per heavy atom. The minimum atomic E-state index is 0.0315. The lowest BCUT2D eigenvalue weighted by Gasteiger charge is -2.22. The summed E-state index contributed by atoms with van der Waals surface area (Å²) in [4.78, 5) is 19.1. The van der Waals surface area contributed by atoms with E-state index in [1.54, 1.807) is 13.3 Å². The molecular weight excluding hydrogens is 324 g/mol. The highest BCUT2D eigenvalue weighted by atomic mass is 35.5. The predicted molar refractivity (Wildman–Crippen MR) is 93.8 cm³/mol. The summed E-state index contributed by atoms with van der Waals surface area (Å²) in [5.74, 6) is 0.469. The average Bonchev–Trinajstić information content (AvgIpc) is 3.39. The van der Waals surface area contributed by atoms with Crippen LogP contribution in [-0.2, 0) is 16.1 Å². The number of aromatic nitrogens is 1. The molecule has 5 heteroatoms. The maximum atomic E-state index is 12.9. The highest BCUT2D eigenvalue weighted by Gasteiger charge is 2.45. The van der Waals surface area contributed by atoms with Gasteiger partial charge in [0.05, 0.1) is 18.8 Å². The van der Waals surface area contributed by atoms with Crippen molar-refractivity contribution in [2.75, 3.05) is 20.3 Å². The zero-order chi connectivity index (χ0) is 16.9. The van der Waals surface area contributed by atoms with Crippen LogP contribution in [0.4, 0.5) is 0 Å². The second-order valence-electron chi connectivity index (χ2n) is 6.08. The SMILES string of the molecule is COCCN(Cc1ccccn1)C(=O)[C@@H]1C[C@H]1c1cccc(Cl)c1. The topological polar surface area (TPSA) is 42.4 Å². The van der Waals surface area contributed by atoms with Crippen LogP contribution in [0.2, 0.25) is 5.02 Å². The first kappa shape index (κ1) is 16.9. The molecule has 0 aliphatic heterocycles. The van der Waals surface area contributed by atoms with Crippen molar-refractivity contribution in [1.29, 1.82) is 0 Å². The van der Waals surface area contributed by atoms with Gasteiger partial charge in [0.25, 0.3) is 0 Å². The molecule has 0 N–H and O–H groups in total. The highest BCUT2D eigenvalue weighted by molar-refractivity contribution is 6.30. The molecule has 0 unspecified atom stereocenters. The molecular formula is C19H21ClN2O2. The molecule has 0 bridgehead atoms. The summed E-state index contributed by atoms with van der Waals surface area (Å²) in [5, 5.41) is 0.718. The normalized spacial score (nSPS) is 19.1.